The fourth-order valence-corrected chi connectivity index (χ4v) is 6.63. The van der Waals surface area contributed by atoms with Crippen LogP contribution in [0.5, 0.6) is 0 Å². The highest BCUT2D eigenvalue weighted by Crippen LogP contribution is 2.36. The number of aromatic nitrogens is 3. The van der Waals surface area contributed by atoms with Crippen LogP contribution in [-0.2, 0) is 17.8 Å². The Morgan fingerprint density at radius 3 is 2.60 bits per heavy atom. The summed E-state index contributed by atoms with van der Waals surface area (Å²) >= 11 is 2.26. The van der Waals surface area contributed by atoms with E-state index in [1.54, 1.807) is 35.2 Å². The predicted octanol–water partition coefficient (Wildman–Crippen LogP) is 5.42. The Bertz CT molecular complexity index is 1620. The highest BCUT2D eigenvalue weighted by Gasteiger charge is 2.21. The van der Waals surface area contributed by atoms with Crippen molar-refractivity contribution in [2.75, 3.05) is 34.2 Å². The number of benzene rings is 2. The SMILES string of the molecule is CNC(=O)CCN1CCc2c(C)cc(-c3cnc4c(n3)c(-c3ccc(C(=O)N(C)C)c(C)c3)cn4SI)cc2C1. The van der Waals surface area contributed by atoms with Crippen molar-refractivity contribution in [2.24, 2.45) is 0 Å². The molecule has 0 bridgehead atoms. The number of carbonyl (C=O) groups excluding carboxylic acids is 2. The predicted molar refractivity (Wildman–Crippen MR) is 171 cm³/mol. The van der Waals surface area contributed by atoms with Crippen molar-refractivity contribution in [3.8, 4) is 22.4 Å². The van der Waals surface area contributed by atoms with Gasteiger partial charge in [0, 0.05) is 100 Å². The van der Waals surface area contributed by atoms with Crippen LogP contribution in [-0.4, -0.2) is 69.8 Å². The summed E-state index contributed by atoms with van der Waals surface area (Å²) in [7, 11) is 6.77. The van der Waals surface area contributed by atoms with E-state index < -0.39 is 0 Å². The van der Waals surface area contributed by atoms with Crippen molar-refractivity contribution in [3.63, 3.8) is 0 Å². The lowest BCUT2D eigenvalue weighted by Gasteiger charge is -2.30. The third-order valence-electron chi connectivity index (χ3n) is 7.58. The lowest BCUT2D eigenvalue weighted by molar-refractivity contribution is -0.121. The van der Waals surface area contributed by atoms with Gasteiger partial charge in [-0.25, -0.2) is 9.97 Å². The lowest BCUT2D eigenvalue weighted by Crippen LogP contribution is -2.34. The van der Waals surface area contributed by atoms with Gasteiger partial charge in [-0.2, -0.15) is 0 Å². The molecule has 1 aliphatic heterocycles. The number of nitrogens with zero attached hydrogens (tertiary/aromatic N) is 5. The molecule has 0 fully saturated rings. The smallest absolute Gasteiger partial charge is 0.253 e. The van der Waals surface area contributed by atoms with Gasteiger partial charge in [-0.3, -0.25) is 18.5 Å². The molecule has 0 spiro atoms. The molecule has 0 aliphatic carbocycles. The van der Waals surface area contributed by atoms with Gasteiger partial charge >= 0.3 is 0 Å². The van der Waals surface area contributed by atoms with Gasteiger partial charge in [-0.15, -0.1) is 0 Å². The third-order valence-corrected chi connectivity index (χ3v) is 9.28. The van der Waals surface area contributed by atoms with Gasteiger partial charge < -0.3 is 10.2 Å². The van der Waals surface area contributed by atoms with Crippen LogP contribution in [0.3, 0.4) is 0 Å². The average Bonchev–Trinajstić information content (AvgIpc) is 3.33. The van der Waals surface area contributed by atoms with Gasteiger partial charge in [0.05, 0.1) is 11.9 Å². The monoisotopic (exact) mass is 668 g/mol. The Balaban J connectivity index is 1.52. The Hall–Kier alpha value is -2.96. The maximum atomic E-state index is 12.6. The first-order chi connectivity index (χ1) is 19.2. The summed E-state index contributed by atoms with van der Waals surface area (Å²) in [6.45, 7) is 6.66. The van der Waals surface area contributed by atoms with E-state index in [1.165, 1.54) is 16.7 Å². The van der Waals surface area contributed by atoms with Crippen molar-refractivity contribution >= 4 is 53.3 Å². The molecule has 0 saturated carbocycles. The molecule has 5 rings (SSSR count). The molecule has 4 aromatic rings. The first-order valence-electron chi connectivity index (χ1n) is 13.3. The molecule has 0 saturated heterocycles. The zero-order valence-electron chi connectivity index (χ0n) is 23.4. The van der Waals surface area contributed by atoms with E-state index in [0.29, 0.717) is 12.0 Å². The summed E-state index contributed by atoms with van der Waals surface area (Å²) in [5.41, 5.74) is 11.1. The normalized spacial score (nSPS) is 13.3. The van der Waals surface area contributed by atoms with Crippen LogP contribution in [0.15, 0.2) is 42.7 Å². The number of halogens is 1. The second-order valence-electron chi connectivity index (χ2n) is 10.5. The fourth-order valence-electron chi connectivity index (χ4n) is 5.38. The number of hydrogen-bond donors (Lipinski definition) is 1. The molecular formula is C30H33IN6O2S. The van der Waals surface area contributed by atoms with Gasteiger partial charge in [0.1, 0.15) is 5.52 Å². The van der Waals surface area contributed by atoms with Crippen molar-refractivity contribution in [1.82, 2.24) is 29.1 Å². The highest BCUT2D eigenvalue weighted by atomic mass is 127. The van der Waals surface area contributed by atoms with E-state index in [4.69, 9.17) is 9.97 Å². The van der Waals surface area contributed by atoms with Crippen LogP contribution in [0.2, 0.25) is 0 Å². The number of carbonyl (C=O) groups is 2. The number of hydrogen-bond acceptors (Lipinski definition) is 6. The maximum Gasteiger partial charge on any atom is 0.253 e. The molecular weight excluding hydrogens is 635 g/mol. The molecule has 10 heteroatoms. The van der Waals surface area contributed by atoms with Crippen LogP contribution in [0, 0.1) is 13.8 Å². The summed E-state index contributed by atoms with van der Waals surface area (Å²) in [5.74, 6) is 0.0622. The summed E-state index contributed by atoms with van der Waals surface area (Å²) in [4.78, 5) is 38.3. The summed E-state index contributed by atoms with van der Waals surface area (Å²) in [6.07, 6.45) is 5.40. The molecule has 0 atom stereocenters. The van der Waals surface area contributed by atoms with E-state index in [2.05, 4.69) is 62.7 Å². The molecule has 1 aliphatic rings. The topological polar surface area (TPSA) is 83.4 Å². The van der Waals surface area contributed by atoms with Crippen LogP contribution in [0.4, 0.5) is 0 Å². The van der Waals surface area contributed by atoms with Gasteiger partial charge in [0.2, 0.25) is 5.91 Å². The van der Waals surface area contributed by atoms with Gasteiger partial charge in [0.15, 0.2) is 5.65 Å². The van der Waals surface area contributed by atoms with E-state index in [9.17, 15) is 9.59 Å². The standard InChI is InChI=1S/C30H33IN6O2S/c1-18-13-21(14-22-16-36(10-8-23(18)22)11-9-27(38)32-3)26-15-33-29-28(34-26)25(17-37(29)40-31)20-6-7-24(19(2)12-20)30(39)35(4)5/h6-7,12-15,17H,8-11,16H2,1-5H3,(H,32,38). The molecule has 2 aromatic heterocycles. The Morgan fingerprint density at radius 1 is 1.12 bits per heavy atom. The van der Waals surface area contributed by atoms with Crippen molar-refractivity contribution in [2.45, 2.75) is 33.2 Å². The number of amides is 2. The highest BCUT2D eigenvalue weighted by molar-refractivity contribution is 14.2. The molecule has 2 amide bonds. The summed E-state index contributed by atoms with van der Waals surface area (Å²) < 4.78 is 2.03. The average molecular weight is 669 g/mol. The minimum absolute atomic E-state index is 0.00801. The summed E-state index contributed by atoms with van der Waals surface area (Å²) in [6, 6.07) is 10.4. The molecule has 0 unspecified atom stereocenters. The Morgan fingerprint density at radius 2 is 1.90 bits per heavy atom. The second-order valence-corrected chi connectivity index (χ2v) is 12.2. The van der Waals surface area contributed by atoms with Crippen LogP contribution < -0.4 is 5.32 Å². The molecule has 3 heterocycles. The number of aryl methyl sites for hydroxylation is 2. The Labute approximate surface area is 251 Å². The van der Waals surface area contributed by atoms with Gasteiger partial charge in [0.25, 0.3) is 5.91 Å². The van der Waals surface area contributed by atoms with Crippen molar-refractivity contribution in [3.05, 3.63) is 70.5 Å². The van der Waals surface area contributed by atoms with E-state index in [-0.39, 0.29) is 11.8 Å². The molecule has 0 radical (unpaired) electrons. The largest absolute Gasteiger partial charge is 0.359 e. The zero-order valence-corrected chi connectivity index (χ0v) is 26.4. The third kappa shape index (κ3) is 5.61. The van der Waals surface area contributed by atoms with Crippen molar-refractivity contribution < 1.29 is 9.59 Å². The first kappa shape index (κ1) is 28.6. The van der Waals surface area contributed by atoms with E-state index >= 15 is 0 Å². The number of nitrogens with one attached hydrogen (secondary N) is 1. The fraction of sp³-hybridized carbons (Fsp3) is 0.333. The van der Waals surface area contributed by atoms with Crippen LogP contribution in [0.1, 0.15) is 39.0 Å². The quantitative estimate of drug-likeness (QED) is 0.265. The maximum absolute atomic E-state index is 12.6. The minimum atomic E-state index is -0.00801. The minimum Gasteiger partial charge on any atom is -0.359 e. The van der Waals surface area contributed by atoms with Crippen LogP contribution >= 0.6 is 30.3 Å². The molecule has 40 heavy (non-hydrogen) atoms. The molecule has 1 N–H and O–H groups in total. The lowest BCUT2D eigenvalue weighted by atomic mass is 9.92. The van der Waals surface area contributed by atoms with Gasteiger partial charge in [-0.1, -0.05) is 12.1 Å². The van der Waals surface area contributed by atoms with Crippen LogP contribution in [0.25, 0.3) is 33.5 Å². The molecule has 8 nitrogen and oxygen atoms in total. The van der Waals surface area contributed by atoms with Gasteiger partial charge in [-0.05, 0) is 66.3 Å². The molecule has 2 aromatic carbocycles. The van der Waals surface area contributed by atoms with E-state index in [0.717, 1.165) is 65.2 Å². The van der Waals surface area contributed by atoms with Crippen molar-refractivity contribution in [1.29, 1.82) is 0 Å². The Kier molecular flexibility index (Phi) is 8.48. The zero-order chi connectivity index (χ0) is 28.6. The number of fused-ring (bicyclic) bond motifs is 2. The number of rotatable bonds is 7. The second kappa shape index (κ2) is 11.9. The first-order valence-corrected chi connectivity index (χ1v) is 16.6. The van der Waals surface area contributed by atoms with E-state index in [1.807, 2.05) is 29.2 Å². The molecule has 208 valence electrons. The summed E-state index contributed by atoms with van der Waals surface area (Å²) in [5, 5.41) is 2.71.